The standard InChI is InChI=1S/C16H14FNO2/c17-11-7-5-10(6-8-11)15-9-13(16(19)20)12-3-1-2-4-14(12)18-15/h5-9H,1-4H2,(H,19,20). The zero-order valence-corrected chi connectivity index (χ0v) is 10.9. The molecule has 0 aliphatic heterocycles. The van der Waals surface area contributed by atoms with Gasteiger partial charge in [0, 0.05) is 11.3 Å². The third-order valence-electron chi connectivity index (χ3n) is 3.67. The Morgan fingerprint density at radius 2 is 1.85 bits per heavy atom. The molecule has 0 saturated carbocycles. The van der Waals surface area contributed by atoms with Gasteiger partial charge in [0.25, 0.3) is 0 Å². The third kappa shape index (κ3) is 2.29. The van der Waals surface area contributed by atoms with E-state index in [1.807, 2.05) is 0 Å². The van der Waals surface area contributed by atoms with Crippen LogP contribution in [0.15, 0.2) is 30.3 Å². The maximum atomic E-state index is 13.0. The molecule has 0 spiro atoms. The highest BCUT2D eigenvalue weighted by Crippen LogP contribution is 2.28. The molecule has 0 saturated heterocycles. The van der Waals surface area contributed by atoms with E-state index < -0.39 is 5.97 Å². The average molecular weight is 271 g/mol. The van der Waals surface area contributed by atoms with E-state index in [0.717, 1.165) is 42.5 Å². The van der Waals surface area contributed by atoms with Crippen molar-refractivity contribution in [3.05, 3.63) is 53.0 Å². The molecule has 3 nitrogen and oxygen atoms in total. The molecule has 2 aromatic rings. The summed E-state index contributed by atoms with van der Waals surface area (Å²) >= 11 is 0. The van der Waals surface area contributed by atoms with Crippen molar-refractivity contribution in [1.29, 1.82) is 0 Å². The Labute approximate surface area is 116 Å². The van der Waals surface area contributed by atoms with Crippen LogP contribution in [0.4, 0.5) is 4.39 Å². The van der Waals surface area contributed by atoms with E-state index in [2.05, 4.69) is 4.98 Å². The maximum absolute atomic E-state index is 13.0. The predicted octanol–water partition coefficient (Wildman–Crippen LogP) is 3.46. The molecule has 0 bridgehead atoms. The summed E-state index contributed by atoms with van der Waals surface area (Å²) in [5, 5.41) is 9.37. The van der Waals surface area contributed by atoms with Gasteiger partial charge in [-0.3, -0.25) is 4.98 Å². The molecule has 0 amide bonds. The average Bonchev–Trinajstić information content (AvgIpc) is 2.46. The Bertz CT molecular complexity index is 665. The van der Waals surface area contributed by atoms with Gasteiger partial charge in [0.1, 0.15) is 5.82 Å². The summed E-state index contributed by atoms with van der Waals surface area (Å²) in [6.45, 7) is 0. The van der Waals surface area contributed by atoms with Crippen molar-refractivity contribution in [2.24, 2.45) is 0 Å². The number of aryl methyl sites for hydroxylation is 1. The fourth-order valence-electron chi connectivity index (χ4n) is 2.66. The van der Waals surface area contributed by atoms with Crippen molar-refractivity contribution < 1.29 is 14.3 Å². The molecule has 1 aliphatic rings. The molecule has 3 rings (SSSR count). The van der Waals surface area contributed by atoms with E-state index in [1.165, 1.54) is 12.1 Å². The Morgan fingerprint density at radius 3 is 2.55 bits per heavy atom. The van der Waals surface area contributed by atoms with Gasteiger partial charge in [0.15, 0.2) is 0 Å². The minimum absolute atomic E-state index is 0.315. The number of carboxylic acids is 1. The van der Waals surface area contributed by atoms with Gasteiger partial charge in [-0.1, -0.05) is 0 Å². The van der Waals surface area contributed by atoms with Gasteiger partial charge in [-0.25, -0.2) is 9.18 Å². The van der Waals surface area contributed by atoms with Gasteiger partial charge in [-0.15, -0.1) is 0 Å². The van der Waals surface area contributed by atoms with Gasteiger partial charge in [-0.05, 0) is 61.6 Å². The van der Waals surface area contributed by atoms with Crippen molar-refractivity contribution in [2.75, 3.05) is 0 Å². The number of fused-ring (bicyclic) bond motifs is 1. The largest absolute Gasteiger partial charge is 0.478 e. The molecular formula is C16H14FNO2. The Kier molecular flexibility index (Phi) is 3.22. The minimum atomic E-state index is -0.922. The van der Waals surface area contributed by atoms with Crippen LogP contribution in [0.3, 0.4) is 0 Å². The summed E-state index contributed by atoms with van der Waals surface area (Å²) in [5.74, 6) is -1.24. The van der Waals surface area contributed by atoms with Crippen molar-refractivity contribution >= 4 is 5.97 Å². The predicted molar refractivity (Wildman–Crippen MR) is 73.2 cm³/mol. The van der Waals surface area contributed by atoms with Crippen LogP contribution >= 0.6 is 0 Å². The molecule has 1 N–H and O–H groups in total. The number of carboxylic acid groups (broad SMARTS) is 1. The van der Waals surface area contributed by atoms with E-state index in [4.69, 9.17) is 0 Å². The number of aromatic nitrogens is 1. The molecule has 0 radical (unpaired) electrons. The number of halogens is 1. The number of benzene rings is 1. The molecule has 4 heteroatoms. The SMILES string of the molecule is O=C(O)c1cc(-c2ccc(F)cc2)nc2c1CCCC2. The van der Waals surface area contributed by atoms with Crippen LogP contribution < -0.4 is 0 Å². The van der Waals surface area contributed by atoms with E-state index in [0.29, 0.717) is 11.3 Å². The first kappa shape index (κ1) is 12.8. The van der Waals surface area contributed by atoms with Crippen molar-refractivity contribution in [2.45, 2.75) is 25.7 Å². The zero-order chi connectivity index (χ0) is 14.1. The molecule has 102 valence electrons. The zero-order valence-electron chi connectivity index (χ0n) is 10.9. The van der Waals surface area contributed by atoms with E-state index in [9.17, 15) is 14.3 Å². The van der Waals surface area contributed by atoms with Crippen LogP contribution in [0.5, 0.6) is 0 Å². The number of aromatic carboxylic acids is 1. The second-order valence-electron chi connectivity index (χ2n) is 5.00. The van der Waals surface area contributed by atoms with Gasteiger partial charge in [-0.2, -0.15) is 0 Å². The highest BCUT2D eigenvalue weighted by molar-refractivity contribution is 5.91. The number of hydrogen-bond acceptors (Lipinski definition) is 2. The van der Waals surface area contributed by atoms with Crippen molar-refractivity contribution in [1.82, 2.24) is 4.98 Å². The minimum Gasteiger partial charge on any atom is -0.478 e. The molecule has 1 heterocycles. The highest BCUT2D eigenvalue weighted by atomic mass is 19.1. The molecular weight excluding hydrogens is 257 g/mol. The molecule has 1 aliphatic carbocycles. The van der Waals surface area contributed by atoms with Gasteiger partial charge < -0.3 is 5.11 Å². The highest BCUT2D eigenvalue weighted by Gasteiger charge is 2.20. The Morgan fingerprint density at radius 1 is 1.15 bits per heavy atom. The number of pyridine rings is 1. The lowest BCUT2D eigenvalue weighted by Gasteiger charge is -2.18. The van der Waals surface area contributed by atoms with Crippen LogP contribution in [0.25, 0.3) is 11.3 Å². The number of nitrogens with zero attached hydrogens (tertiary/aromatic N) is 1. The molecule has 0 atom stereocenters. The molecule has 1 aromatic carbocycles. The monoisotopic (exact) mass is 271 g/mol. The number of hydrogen-bond donors (Lipinski definition) is 1. The molecule has 0 fully saturated rings. The van der Waals surface area contributed by atoms with Gasteiger partial charge in [0.2, 0.25) is 0 Å². The fraction of sp³-hybridized carbons (Fsp3) is 0.250. The van der Waals surface area contributed by atoms with Crippen LogP contribution in [0.1, 0.15) is 34.5 Å². The van der Waals surface area contributed by atoms with Crippen LogP contribution in [0, 0.1) is 5.82 Å². The quantitative estimate of drug-likeness (QED) is 0.910. The second kappa shape index (κ2) is 5.04. The molecule has 20 heavy (non-hydrogen) atoms. The second-order valence-corrected chi connectivity index (χ2v) is 5.00. The normalized spacial score (nSPS) is 13.8. The van der Waals surface area contributed by atoms with Gasteiger partial charge >= 0.3 is 5.97 Å². The summed E-state index contributed by atoms with van der Waals surface area (Å²) in [5.41, 5.74) is 3.39. The van der Waals surface area contributed by atoms with Crippen LogP contribution in [-0.2, 0) is 12.8 Å². The number of carbonyl (C=O) groups is 1. The van der Waals surface area contributed by atoms with Crippen LogP contribution in [0.2, 0.25) is 0 Å². The summed E-state index contributed by atoms with van der Waals surface area (Å²) < 4.78 is 13.0. The summed E-state index contributed by atoms with van der Waals surface area (Å²) in [6.07, 6.45) is 3.62. The smallest absolute Gasteiger partial charge is 0.336 e. The first-order valence-corrected chi connectivity index (χ1v) is 6.67. The summed E-state index contributed by atoms with van der Waals surface area (Å²) in [7, 11) is 0. The first-order chi connectivity index (χ1) is 9.65. The Balaban J connectivity index is 2.14. The van der Waals surface area contributed by atoms with Crippen LogP contribution in [-0.4, -0.2) is 16.1 Å². The number of rotatable bonds is 2. The summed E-state index contributed by atoms with van der Waals surface area (Å²) in [6, 6.07) is 7.56. The van der Waals surface area contributed by atoms with Crippen molar-refractivity contribution in [3.8, 4) is 11.3 Å². The van der Waals surface area contributed by atoms with Crippen molar-refractivity contribution in [3.63, 3.8) is 0 Å². The molecule has 1 aromatic heterocycles. The fourth-order valence-corrected chi connectivity index (χ4v) is 2.66. The van der Waals surface area contributed by atoms with E-state index in [1.54, 1.807) is 18.2 Å². The Hall–Kier alpha value is -2.23. The lowest BCUT2D eigenvalue weighted by Crippen LogP contribution is -2.13. The van der Waals surface area contributed by atoms with E-state index in [-0.39, 0.29) is 5.82 Å². The maximum Gasteiger partial charge on any atom is 0.336 e. The molecule has 0 unspecified atom stereocenters. The topological polar surface area (TPSA) is 50.2 Å². The van der Waals surface area contributed by atoms with E-state index >= 15 is 0 Å². The lowest BCUT2D eigenvalue weighted by molar-refractivity contribution is 0.0695. The third-order valence-corrected chi connectivity index (χ3v) is 3.67. The van der Waals surface area contributed by atoms with Gasteiger partial charge in [0.05, 0.1) is 11.3 Å². The lowest BCUT2D eigenvalue weighted by atomic mass is 9.91. The summed E-state index contributed by atoms with van der Waals surface area (Å²) in [4.78, 5) is 16.0. The first-order valence-electron chi connectivity index (χ1n) is 6.67.